The Hall–Kier alpha value is -1.80. The molecular weight excluding hydrogens is 318 g/mol. The molecule has 2 heteroatoms. The van der Waals surface area contributed by atoms with E-state index in [0.717, 1.165) is 37.2 Å². The maximum Gasteiger partial charge on any atom is 0.123 e. The fraction of sp³-hybridized carbons (Fsp3) is 0.500. The van der Waals surface area contributed by atoms with Crippen LogP contribution in [0.4, 0.5) is 0 Å². The van der Waals surface area contributed by atoms with Crippen LogP contribution in [0.5, 0.6) is 5.75 Å². The summed E-state index contributed by atoms with van der Waals surface area (Å²) in [6.07, 6.45) is 8.93. The van der Waals surface area contributed by atoms with Gasteiger partial charge in [-0.05, 0) is 37.3 Å². The molecular formula is C24H39NO. The van der Waals surface area contributed by atoms with Crippen molar-refractivity contribution in [1.82, 2.24) is 4.90 Å². The number of phenolic OH excluding ortho intramolecular Hbond substituents is 1. The van der Waals surface area contributed by atoms with Crippen LogP contribution in [0.2, 0.25) is 0 Å². The highest BCUT2D eigenvalue weighted by atomic mass is 16.3. The number of aryl methyl sites for hydroxylation is 2. The number of phenols is 1. The van der Waals surface area contributed by atoms with E-state index < -0.39 is 0 Å². The summed E-state index contributed by atoms with van der Waals surface area (Å²) in [5.41, 5.74) is 4.49. The third kappa shape index (κ3) is 8.53. The lowest BCUT2D eigenvalue weighted by atomic mass is 10.0. The van der Waals surface area contributed by atoms with Crippen LogP contribution in [0.15, 0.2) is 48.6 Å². The van der Waals surface area contributed by atoms with Gasteiger partial charge in [-0.25, -0.2) is 0 Å². The Morgan fingerprint density at radius 2 is 1.85 bits per heavy atom. The summed E-state index contributed by atoms with van der Waals surface area (Å²) in [6, 6.07) is 4.18. The molecule has 26 heavy (non-hydrogen) atoms. The molecule has 0 unspecified atom stereocenters. The molecule has 0 radical (unpaired) electrons. The predicted octanol–water partition coefficient (Wildman–Crippen LogP) is 6.44. The van der Waals surface area contributed by atoms with Crippen LogP contribution >= 0.6 is 0 Å². The zero-order chi connectivity index (χ0) is 20.1. The average molecular weight is 358 g/mol. The van der Waals surface area contributed by atoms with Crippen molar-refractivity contribution in [2.24, 2.45) is 5.92 Å². The van der Waals surface area contributed by atoms with Crippen molar-refractivity contribution in [2.45, 2.75) is 61.4 Å². The molecule has 2 nitrogen and oxygen atoms in total. The quantitative estimate of drug-likeness (QED) is 0.514. The first-order valence-corrected chi connectivity index (χ1v) is 9.89. The second-order valence-corrected chi connectivity index (χ2v) is 6.83. The van der Waals surface area contributed by atoms with Crippen LogP contribution in [-0.4, -0.2) is 23.1 Å². The lowest BCUT2D eigenvalue weighted by Crippen LogP contribution is -2.29. The first-order chi connectivity index (χ1) is 12.4. The Balaban J connectivity index is 0.00000301. The minimum Gasteiger partial charge on any atom is -0.507 e. The minimum atomic E-state index is 0.456. The molecule has 0 saturated carbocycles. The molecule has 0 atom stereocenters. The third-order valence-corrected chi connectivity index (χ3v) is 3.93. The Bertz CT molecular complexity index is 596. The molecule has 0 saturated heterocycles. The van der Waals surface area contributed by atoms with Gasteiger partial charge in [0, 0.05) is 25.2 Å². The normalized spacial score (nSPS) is 11.8. The van der Waals surface area contributed by atoms with Crippen molar-refractivity contribution in [2.75, 3.05) is 13.1 Å². The van der Waals surface area contributed by atoms with Gasteiger partial charge in [-0.3, -0.25) is 4.90 Å². The minimum absolute atomic E-state index is 0.456. The van der Waals surface area contributed by atoms with E-state index in [0.29, 0.717) is 11.7 Å². The lowest BCUT2D eigenvalue weighted by molar-refractivity contribution is 0.253. The monoisotopic (exact) mass is 357 g/mol. The number of hydrogen-bond donors (Lipinski definition) is 1. The van der Waals surface area contributed by atoms with Crippen LogP contribution in [0.3, 0.4) is 0 Å². The maximum atomic E-state index is 10.6. The Kier molecular flexibility index (Phi) is 12.5. The molecule has 146 valence electrons. The van der Waals surface area contributed by atoms with Gasteiger partial charge in [0.15, 0.2) is 0 Å². The van der Waals surface area contributed by atoms with Gasteiger partial charge in [0.25, 0.3) is 0 Å². The smallest absolute Gasteiger partial charge is 0.123 e. The number of allylic oxidation sites excluding steroid dienone is 3. The van der Waals surface area contributed by atoms with Crippen molar-refractivity contribution in [3.8, 4) is 5.75 Å². The van der Waals surface area contributed by atoms with E-state index in [2.05, 4.69) is 69.5 Å². The lowest BCUT2D eigenvalue weighted by Gasteiger charge is -2.26. The van der Waals surface area contributed by atoms with Crippen LogP contribution in [0.25, 0.3) is 0 Å². The maximum absolute atomic E-state index is 10.6. The van der Waals surface area contributed by atoms with E-state index in [1.54, 1.807) is 0 Å². The number of aromatic hydroxyl groups is 1. The second-order valence-electron chi connectivity index (χ2n) is 6.83. The highest BCUT2D eigenvalue weighted by Gasteiger charge is 2.14. The van der Waals surface area contributed by atoms with Gasteiger partial charge in [0.2, 0.25) is 0 Å². The van der Waals surface area contributed by atoms with E-state index in [1.807, 2.05) is 26.8 Å². The highest BCUT2D eigenvalue weighted by molar-refractivity contribution is 5.43. The van der Waals surface area contributed by atoms with Gasteiger partial charge in [-0.2, -0.15) is 0 Å². The summed E-state index contributed by atoms with van der Waals surface area (Å²) in [4.78, 5) is 2.40. The summed E-state index contributed by atoms with van der Waals surface area (Å²) in [5.74, 6) is 1.02. The fourth-order valence-electron chi connectivity index (χ4n) is 3.05. The highest BCUT2D eigenvalue weighted by Crippen LogP contribution is 2.27. The molecule has 0 fully saturated rings. The van der Waals surface area contributed by atoms with E-state index in [1.165, 1.54) is 11.1 Å². The molecule has 0 amide bonds. The van der Waals surface area contributed by atoms with Crippen LogP contribution in [0, 0.1) is 12.8 Å². The van der Waals surface area contributed by atoms with Gasteiger partial charge >= 0.3 is 0 Å². The molecule has 0 aromatic heterocycles. The Morgan fingerprint density at radius 1 is 1.23 bits per heavy atom. The van der Waals surface area contributed by atoms with Gasteiger partial charge < -0.3 is 5.11 Å². The molecule has 0 spiro atoms. The second kappa shape index (κ2) is 13.4. The molecule has 0 aliphatic carbocycles. The summed E-state index contributed by atoms with van der Waals surface area (Å²) < 4.78 is 0. The van der Waals surface area contributed by atoms with Crippen molar-refractivity contribution in [1.29, 1.82) is 0 Å². The first-order valence-electron chi connectivity index (χ1n) is 9.89. The average Bonchev–Trinajstić information content (AvgIpc) is 2.59. The van der Waals surface area contributed by atoms with Crippen molar-refractivity contribution >= 4 is 0 Å². The van der Waals surface area contributed by atoms with Crippen molar-refractivity contribution < 1.29 is 5.11 Å². The molecule has 1 aromatic carbocycles. The number of benzene rings is 1. The summed E-state index contributed by atoms with van der Waals surface area (Å²) in [7, 11) is 0. The van der Waals surface area contributed by atoms with Crippen molar-refractivity contribution in [3.63, 3.8) is 0 Å². The number of rotatable bonds is 9. The van der Waals surface area contributed by atoms with E-state index >= 15 is 0 Å². The zero-order valence-corrected chi connectivity index (χ0v) is 18.0. The van der Waals surface area contributed by atoms with Gasteiger partial charge in [-0.1, -0.05) is 83.2 Å². The molecule has 0 aliphatic heterocycles. The SMILES string of the molecule is C=C/C=C(\C=C/C)CN(Cc1cc(C)cc(CC)c1O)CC(C)C.CC. The van der Waals surface area contributed by atoms with Crippen molar-refractivity contribution in [3.05, 3.63) is 65.3 Å². The molecule has 1 rings (SSSR count). The number of nitrogens with zero attached hydrogens (tertiary/aromatic N) is 1. The first kappa shape index (κ1) is 24.2. The Morgan fingerprint density at radius 3 is 2.35 bits per heavy atom. The largest absolute Gasteiger partial charge is 0.507 e. The zero-order valence-electron chi connectivity index (χ0n) is 18.0. The van der Waals surface area contributed by atoms with E-state index in [-0.39, 0.29) is 0 Å². The molecule has 0 aliphatic rings. The Labute approximate surface area is 161 Å². The third-order valence-electron chi connectivity index (χ3n) is 3.93. The fourth-order valence-corrected chi connectivity index (χ4v) is 3.05. The van der Waals surface area contributed by atoms with Crippen LogP contribution in [0.1, 0.15) is 58.2 Å². The van der Waals surface area contributed by atoms with E-state index in [4.69, 9.17) is 0 Å². The summed E-state index contributed by atoms with van der Waals surface area (Å²) in [5, 5.41) is 10.6. The summed E-state index contributed by atoms with van der Waals surface area (Å²) in [6.45, 7) is 21.1. The van der Waals surface area contributed by atoms with Crippen LogP contribution in [-0.2, 0) is 13.0 Å². The molecule has 0 bridgehead atoms. The predicted molar refractivity (Wildman–Crippen MR) is 117 cm³/mol. The van der Waals surface area contributed by atoms with Gasteiger partial charge in [-0.15, -0.1) is 0 Å². The molecule has 0 heterocycles. The van der Waals surface area contributed by atoms with Crippen LogP contribution < -0.4 is 0 Å². The standard InChI is InChI=1S/C22H33NO.C2H6/c1-7-10-19(11-8-2)15-23(14-17(4)5)16-21-13-18(6)12-20(9-3)22(21)24;1-2/h7-8,10-13,17,24H,1,9,14-16H2,2-6H3;1-2H3/b11-8-,19-10+;. The molecule has 1 aromatic rings. The van der Waals surface area contributed by atoms with Gasteiger partial charge in [0.05, 0.1) is 0 Å². The van der Waals surface area contributed by atoms with Gasteiger partial charge in [0.1, 0.15) is 5.75 Å². The van der Waals surface area contributed by atoms with E-state index in [9.17, 15) is 5.11 Å². The summed E-state index contributed by atoms with van der Waals surface area (Å²) >= 11 is 0. The molecule has 1 N–H and O–H groups in total. The topological polar surface area (TPSA) is 23.5 Å². The number of hydrogen-bond acceptors (Lipinski definition) is 2.